The molecule has 0 aliphatic carbocycles. The Morgan fingerprint density at radius 3 is 2.14 bits per heavy atom. The van der Waals surface area contributed by atoms with Crippen molar-refractivity contribution in [3.8, 4) is 0 Å². The molecule has 59 heavy (non-hydrogen) atoms. The maximum absolute atomic E-state index is 13.8. The van der Waals surface area contributed by atoms with Crippen molar-refractivity contribution in [3.63, 3.8) is 0 Å². The number of carbonyl (C=O) groups is 7. The number of aliphatic carboxylic acids is 1. The van der Waals surface area contributed by atoms with Crippen molar-refractivity contribution in [1.29, 1.82) is 0 Å². The van der Waals surface area contributed by atoms with E-state index in [1.165, 1.54) is 31.6 Å². The Bertz CT molecular complexity index is 2160. The van der Waals surface area contributed by atoms with Gasteiger partial charge in [0.2, 0.25) is 35.4 Å². The molecule has 314 valence electrons. The van der Waals surface area contributed by atoms with E-state index in [4.69, 9.17) is 9.52 Å². The number of rotatable bonds is 22. The number of hydrogen-bond acceptors (Lipinski definition) is 11. The minimum atomic E-state index is -1.59. The second-order valence-corrected chi connectivity index (χ2v) is 13.8. The third-order valence-electron chi connectivity index (χ3n) is 9.06. The number of carboxylic acids is 1. The zero-order valence-corrected chi connectivity index (χ0v) is 32.5. The summed E-state index contributed by atoms with van der Waals surface area (Å²) >= 11 is 0. The third kappa shape index (κ3) is 14.5. The lowest BCUT2D eigenvalue weighted by Gasteiger charge is -2.26. The Morgan fingerprint density at radius 2 is 1.47 bits per heavy atom. The van der Waals surface area contributed by atoms with Crippen molar-refractivity contribution < 1.29 is 48.2 Å². The molecule has 6 amide bonds. The number of H-pyrrole nitrogens is 1. The van der Waals surface area contributed by atoms with E-state index < -0.39 is 77.8 Å². The number of aliphatic hydroxyl groups excluding tert-OH is 1. The molecule has 9 N–H and O–H groups in total. The van der Waals surface area contributed by atoms with Gasteiger partial charge in [-0.1, -0.05) is 30.3 Å². The SMILES string of the molecule is CC(=O)N[C@@H](Cc1cnc[nH]1)C(=O)N[C@@H](Cc1ccccc1)C(=O)N[C@@H](CO)C(=O)N[C@@H](CCCCNC(=O)CCC(=O)O)C(=O)Nc1ccc2c(C)cc(=O)oc2c1. The summed E-state index contributed by atoms with van der Waals surface area (Å²) < 4.78 is 5.29. The molecule has 0 fully saturated rings. The Labute approximate surface area is 338 Å². The molecule has 4 atom stereocenters. The lowest BCUT2D eigenvalue weighted by Crippen LogP contribution is -2.59. The average Bonchev–Trinajstić information content (AvgIpc) is 3.71. The minimum absolute atomic E-state index is 0.0284. The van der Waals surface area contributed by atoms with Crippen LogP contribution in [0.15, 0.2) is 76.3 Å². The number of imidazole rings is 1. The van der Waals surface area contributed by atoms with Gasteiger partial charge in [-0.05, 0) is 49.4 Å². The van der Waals surface area contributed by atoms with Crippen molar-refractivity contribution in [2.24, 2.45) is 0 Å². The number of hydrogen-bond donors (Lipinski definition) is 9. The van der Waals surface area contributed by atoms with Crippen LogP contribution in [-0.2, 0) is 46.4 Å². The highest BCUT2D eigenvalue weighted by Crippen LogP contribution is 2.21. The summed E-state index contributed by atoms with van der Waals surface area (Å²) in [6, 6.07) is 9.52. The first-order valence-electron chi connectivity index (χ1n) is 18.9. The van der Waals surface area contributed by atoms with Gasteiger partial charge in [0, 0.05) is 67.8 Å². The van der Waals surface area contributed by atoms with Gasteiger partial charge in [0.05, 0.1) is 19.4 Å². The zero-order valence-electron chi connectivity index (χ0n) is 32.5. The van der Waals surface area contributed by atoms with Gasteiger partial charge >= 0.3 is 11.6 Å². The van der Waals surface area contributed by atoms with Crippen LogP contribution in [0.25, 0.3) is 11.0 Å². The van der Waals surface area contributed by atoms with Gasteiger partial charge in [-0.2, -0.15) is 0 Å². The van der Waals surface area contributed by atoms with Crippen molar-refractivity contribution in [1.82, 2.24) is 36.6 Å². The number of anilines is 1. The van der Waals surface area contributed by atoms with E-state index in [1.54, 1.807) is 49.4 Å². The zero-order chi connectivity index (χ0) is 42.9. The van der Waals surface area contributed by atoms with Crippen molar-refractivity contribution in [2.75, 3.05) is 18.5 Å². The fourth-order valence-electron chi connectivity index (χ4n) is 6.05. The molecule has 4 aromatic rings. The summed E-state index contributed by atoms with van der Waals surface area (Å²) in [6.45, 7) is 2.25. The molecular weight excluding hydrogens is 768 g/mol. The number of carbonyl (C=O) groups excluding carboxylic acids is 6. The van der Waals surface area contributed by atoms with E-state index in [2.05, 4.69) is 41.9 Å². The van der Waals surface area contributed by atoms with Crippen LogP contribution in [0, 0.1) is 6.92 Å². The molecule has 4 rings (SSSR count). The normalized spacial score (nSPS) is 12.9. The highest BCUT2D eigenvalue weighted by Gasteiger charge is 2.31. The summed E-state index contributed by atoms with van der Waals surface area (Å²) in [5.41, 5.74) is 1.75. The summed E-state index contributed by atoms with van der Waals surface area (Å²) in [6.07, 6.45) is 3.03. The monoisotopic (exact) mass is 816 g/mol. The van der Waals surface area contributed by atoms with Crippen LogP contribution in [-0.4, -0.2) is 98.9 Å². The fraction of sp³-hybridized carbons (Fsp3) is 0.375. The summed E-state index contributed by atoms with van der Waals surface area (Å²) in [5.74, 6) is -5.22. The highest BCUT2D eigenvalue weighted by atomic mass is 16.4. The third-order valence-corrected chi connectivity index (χ3v) is 9.06. The fourth-order valence-corrected chi connectivity index (χ4v) is 6.05. The largest absolute Gasteiger partial charge is 0.481 e. The number of fused-ring (bicyclic) bond motifs is 1. The predicted molar refractivity (Wildman–Crippen MR) is 213 cm³/mol. The van der Waals surface area contributed by atoms with Crippen LogP contribution in [0.4, 0.5) is 5.69 Å². The molecule has 0 saturated carbocycles. The molecule has 0 aliphatic heterocycles. The molecule has 0 aliphatic rings. The Morgan fingerprint density at radius 1 is 0.797 bits per heavy atom. The van der Waals surface area contributed by atoms with Gasteiger partial charge in [0.15, 0.2) is 0 Å². The van der Waals surface area contributed by atoms with E-state index in [-0.39, 0.29) is 49.9 Å². The average molecular weight is 817 g/mol. The number of aromatic amines is 1. The summed E-state index contributed by atoms with van der Waals surface area (Å²) in [7, 11) is 0. The van der Waals surface area contributed by atoms with Gasteiger partial charge < -0.3 is 51.5 Å². The first-order valence-corrected chi connectivity index (χ1v) is 18.9. The Kier molecular flexibility index (Phi) is 16.8. The highest BCUT2D eigenvalue weighted by molar-refractivity contribution is 6.00. The van der Waals surface area contributed by atoms with E-state index in [0.717, 1.165) is 0 Å². The molecule has 19 nitrogen and oxygen atoms in total. The van der Waals surface area contributed by atoms with Crippen molar-refractivity contribution in [2.45, 2.75) is 83.0 Å². The number of amides is 6. The number of aromatic nitrogens is 2. The minimum Gasteiger partial charge on any atom is -0.481 e. The lowest BCUT2D eigenvalue weighted by molar-refractivity contribution is -0.138. The first-order chi connectivity index (χ1) is 28.2. The number of carboxylic acid groups (broad SMARTS) is 1. The van der Waals surface area contributed by atoms with Gasteiger partial charge in [-0.15, -0.1) is 0 Å². The molecule has 0 bridgehead atoms. The van der Waals surface area contributed by atoms with E-state index in [1.807, 2.05) is 0 Å². The first kappa shape index (κ1) is 44.8. The van der Waals surface area contributed by atoms with E-state index in [9.17, 15) is 43.5 Å². The predicted octanol–water partition coefficient (Wildman–Crippen LogP) is 0.351. The number of benzene rings is 2. The van der Waals surface area contributed by atoms with Crippen LogP contribution in [0.2, 0.25) is 0 Å². The molecule has 19 heteroatoms. The smallest absolute Gasteiger partial charge is 0.336 e. The number of unbranched alkanes of at least 4 members (excludes halogenated alkanes) is 1. The summed E-state index contributed by atoms with van der Waals surface area (Å²) in [5, 5.41) is 35.3. The Hall–Kier alpha value is -6.89. The van der Waals surface area contributed by atoms with Crippen LogP contribution in [0.3, 0.4) is 0 Å². The number of nitrogens with zero attached hydrogens (tertiary/aromatic N) is 1. The molecule has 0 radical (unpaired) electrons. The topological polar surface area (TPSA) is 291 Å². The van der Waals surface area contributed by atoms with E-state index >= 15 is 0 Å². The van der Waals surface area contributed by atoms with Gasteiger partial charge in [0.25, 0.3) is 0 Å². The van der Waals surface area contributed by atoms with Gasteiger partial charge in [-0.25, -0.2) is 9.78 Å². The van der Waals surface area contributed by atoms with Gasteiger partial charge in [-0.3, -0.25) is 33.6 Å². The quantitative estimate of drug-likeness (QED) is 0.0384. The Balaban J connectivity index is 1.49. The van der Waals surface area contributed by atoms with Crippen LogP contribution in [0.5, 0.6) is 0 Å². The van der Waals surface area contributed by atoms with Crippen LogP contribution >= 0.6 is 0 Å². The molecular formula is C40H48N8O11. The van der Waals surface area contributed by atoms with E-state index in [0.29, 0.717) is 35.0 Å². The van der Waals surface area contributed by atoms with Crippen LogP contribution < -0.4 is 37.5 Å². The van der Waals surface area contributed by atoms with Crippen molar-refractivity contribution >= 4 is 58.1 Å². The second kappa shape index (κ2) is 22.2. The molecule has 2 aromatic heterocycles. The van der Waals surface area contributed by atoms with Crippen molar-refractivity contribution in [3.05, 3.63) is 94.4 Å². The molecule has 0 unspecified atom stereocenters. The summed E-state index contributed by atoms with van der Waals surface area (Å²) in [4.78, 5) is 108. The standard InChI is InChI=1S/C40H48N8O11/c1-23-16-36(54)59-33-19-26(11-12-28(23)33)45-37(55)29(10-6-7-15-42-34(51)13-14-35(52)53)46-40(58)32(21-49)48-38(56)30(17-25-8-4-3-5-9-25)47-39(57)31(44-24(2)50)18-27-20-41-22-43-27/h3-5,8-9,11-12,16,19-20,22,29-32,49H,6-7,10,13-15,17-18,21H2,1-2H3,(H,41,43)(H,42,51)(H,44,50)(H,45,55)(H,46,58)(H,47,57)(H,48,56)(H,52,53)/t29-,30-,31-,32-/m0/s1. The van der Waals surface area contributed by atoms with Gasteiger partial charge in [0.1, 0.15) is 29.8 Å². The second-order valence-electron chi connectivity index (χ2n) is 13.8. The number of nitrogens with one attached hydrogen (secondary N) is 7. The molecule has 0 saturated heterocycles. The molecule has 0 spiro atoms. The maximum Gasteiger partial charge on any atom is 0.336 e. The number of aryl methyl sites for hydroxylation is 1. The maximum atomic E-state index is 13.8. The lowest BCUT2D eigenvalue weighted by atomic mass is 10.0. The molecule has 2 aromatic carbocycles. The van der Waals surface area contributed by atoms with Crippen LogP contribution in [0.1, 0.15) is 55.8 Å². The molecule has 2 heterocycles. The number of aliphatic hydroxyl groups is 1.